The highest BCUT2D eigenvalue weighted by atomic mass is 16.3. The molecule has 0 aliphatic heterocycles. The fourth-order valence-electron chi connectivity index (χ4n) is 1.24. The van der Waals surface area contributed by atoms with Crippen molar-refractivity contribution in [2.75, 3.05) is 20.6 Å². The molecule has 0 bridgehead atoms. The van der Waals surface area contributed by atoms with Gasteiger partial charge in [0.25, 0.3) is 5.91 Å². The molecule has 2 amide bonds. The van der Waals surface area contributed by atoms with E-state index in [0.717, 1.165) is 5.56 Å². The Balaban J connectivity index is 2.68. The smallest absolute Gasteiger partial charge is 0.255 e. The van der Waals surface area contributed by atoms with Crippen LogP contribution in [0.1, 0.15) is 15.9 Å². The highest BCUT2D eigenvalue weighted by Gasteiger charge is 2.12. The maximum absolute atomic E-state index is 11.7. The van der Waals surface area contributed by atoms with Crippen LogP contribution < -0.4 is 5.32 Å². The lowest BCUT2D eigenvalue weighted by atomic mass is 10.1. The van der Waals surface area contributed by atoms with Crippen LogP contribution >= 0.6 is 0 Å². The monoisotopic (exact) mass is 236 g/mol. The molecule has 0 saturated carbocycles. The summed E-state index contributed by atoms with van der Waals surface area (Å²) in [6.07, 6.45) is 0. The summed E-state index contributed by atoms with van der Waals surface area (Å²) in [5, 5.41) is 12.0. The molecule has 0 aliphatic carbocycles. The second-order valence-corrected chi connectivity index (χ2v) is 3.99. The standard InChI is InChI=1S/C12H16N2O3/c1-8-4-5-9(10(15)6-8)12(17)13-7-11(16)14(2)3/h4-6,15H,7H2,1-3H3,(H,13,17). The number of likely N-dealkylation sites (N-methyl/N-ethyl adjacent to an activating group) is 1. The molecule has 0 aromatic heterocycles. The average molecular weight is 236 g/mol. The van der Waals surface area contributed by atoms with Gasteiger partial charge in [0, 0.05) is 14.1 Å². The first-order valence-corrected chi connectivity index (χ1v) is 5.20. The topological polar surface area (TPSA) is 69.6 Å². The van der Waals surface area contributed by atoms with Crippen LogP contribution in [0.5, 0.6) is 5.75 Å². The number of rotatable bonds is 3. The molecule has 1 rings (SSSR count). The minimum atomic E-state index is -0.460. The van der Waals surface area contributed by atoms with E-state index in [9.17, 15) is 14.7 Å². The fourth-order valence-corrected chi connectivity index (χ4v) is 1.24. The molecular weight excluding hydrogens is 220 g/mol. The van der Waals surface area contributed by atoms with Crippen molar-refractivity contribution in [1.82, 2.24) is 10.2 Å². The van der Waals surface area contributed by atoms with Gasteiger partial charge in [0.15, 0.2) is 0 Å². The zero-order valence-corrected chi connectivity index (χ0v) is 10.2. The van der Waals surface area contributed by atoms with Gasteiger partial charge < -0.3 is 15.3 Å². The molecule has 0 unspecified atom stereocenters. The van der Waals surface area contributed by atoms with Crippen LogP contribution in [0.25, 0.3) is 0 Å². The molecule has 2 N–H and O–H groups in total. The van der Waals surface area contributed by atoms with E-state index >= 15 is 0 Å². The molecule has 0 radical (unpaired) electrons. The van der Waals surface area contributed by atoms with Gasteiger partial charge in [-0.2, -0.15) is 0 Å². The van der Waals surface area contributed by atoms with E-state index in [4.69, 9.17) is 0 Å². The van der Waals surface area contributed by atoms with E-state index in [2.05, 4.69) is 5.32 Å². The van der Waals surface area contributed by atoms with E-state index in [0.29, 0.717) is 0 Å². The predicted molar refractivity (Wildman–Crippen MR) is 63.9 cm³/mol. The molecule has 5 heteroatoms. The van der Waals surface area contributed by atoms with Gasteiger partial charge in [0.05, 0.1) is 12.1 Å². The Morgan fingerprint density at radius 1 is 1.35 bits per heavy atom. The number of aryl methyl sites for hydroxylation is 1. The van der Waals surface area contributed by atoms with Crippen molar-refractivity contribution in [3.63, 3.8) is 0 Å². The van der Waals surface area contributed by atoms with E-state index in [1.54, 1.807) is 20.2 Å². The SMILES string of the molecule is Cc1ccc(C(=O)NCC(=O)N(C)C)c(O)c1. The molecular formula is C12H16N2O3. The van der Waals surface area contributed by atoms with Crippen LogP contribution in [0.3, 0.4) is 0 Å². The number of benzene rings is 1. The Morgan fingerprint density at radius 3 is 2.53 bits per heavy atom. The van der Waals surface area contributed by atoms with E-state index in [-0.39, 0.29) is 23.8 Å². The number of carbonyl (C=O) groups is 2. The van der Waals surface area contributed by atoms with Crippen molar-refractivity contribution < 1.29 is 14.7 Å². The van der Waals surface area contributed by atoms with Gasteiger partial charge >= 0.3 is 0 Å². The minimum absolute atomic E-state index is 0.0835. The summed E-state index contributed by atoms with van der Waals surface area (Å²) < 4.78 is 0. The van der Waals surface area contributed by atoms with Crippen molar-refractivity contribution in [1.29, 1.82) is 0 Å². The molecule has 0 heterocycles. The van der Waals surface area contributed by atoms with Crippen molar-refractivity contribution >= 4 is 11.8 Å². The Morgan fingerprint density at radius 2 is 2.00 bits per heavy atom. The summed E-state index contributed by atoms with van der Waals surface area (Å²) in [6.45, 7) is 1.73. The second kappa shape index (κ2) is 5.34. The number of hydrogen-bond acceptors (Lipinski definition) is 3. The maximum atomic E-state index is 11.7. The zero-order chi connectivity index (χ0) is 13.0. The van der Waals surface area contributed by atoms with Crippen molar-refractivity contribution in [2.45, 2.75) is 6.92 Å². The molecule has 0 saturated heterocycles. The first-order valence-electron chi connectivity index (χ1n) is 5.20. The third-order valence-electron chi connectivity index (χ3n) is 2.30. The average Bonchev–Trinajstić information content (AvgIpc) is 2.25. The Kier molecular flexibility index (Phi) is 4.09. The summed E-state index contributed by atoms with van der Waals surface area (Å²) >= 11 is 0. The summed E-state index contributed by atoms with van der Waals surface area (Å²) in [7, 11) is 3.22. The van der Waals surface area contributed by atoms with Gasteiger partial charge in [0.2, 0.25) is 5.91 Å². The van der Waals surface area contributed by atoms with Gasteiger partial charge in [-0.1, -0.05) is 6.07 Å². The van der Waals surface area contributed by atoms with Crippen LogP contribution in [-0.2, 0) is 4.79 Å². The van der Waals surface area contributed by atoms with E-state index in [1.165, 1.54) is 17.0 Å². The van der Waals surface area contributed by atoms with Gasteiger partial charge in [-0.15, -0.1) is 0 Å². The number of nitrogens with zero attached hydrogens (tertiary/aromatic N) is 1. The molecule has 92 valence electrons. The fraction of sp³-hybridized carbons (Fsp3) is 0.333. The number of phenols is 1. The number of carbonyl (C=O) groups excluding carboxylic acids is 2. The number of aromatic hydroxyl groups is 1. The van der Waals surface area contributed by atoms with Crippen LogP contribution in [0.4, 0.5) is 0 Å². The normalized spacial score (nSPS) is 9.82. The van der Waals surface area contributed by atoms with Crippen LogP contribution in [-0.4, -0.2) is 42.5 Å². The van der Waals surface area contributed by atoms with Gasteiger partial charge in [-0.3, -0.25) is 9.59 Å². The number of nitrogens with one attached hydrogen (secondary N) is 1. The molecule has 0 atom stereocenters. The molecule has 1 aromatic carbocycles. The van der Waals surface area contributed by atoms with E-state index < -0.39 is 5.91 Å². The van der Waals surface area contributed by atoms with E-state index in [1.807, 2.05) is 6.92 Å². The number of amides is 2. The number of phenolic OH excluding ortho intramolecular Hbond substituents is 1. The molecule has 1 aromatic rings. The largest absolute Gasteiger partial charge is 0.507 e. The lowest BCUT2D eigenvalue weighted by molar-refractivity contribution is -0.127. The molecule has 0 spiro atoms. The van der Waals surface area contributed by atoms with Crippen LogP contribution in [0, 0.1) is 6.92 Å². The van der Waals surface area contributed by atoms with Crippen LogP contribution in [0.15, 0.2) is 18.2 Å². The lowest BCUT2D eigenvalue weighted by Gasteiger charge is -2.11. The molecule has 0 aliphatic rings. The van der Waals surface area contributed by atoms with Gasteiger partial charge in [-0.05, 0) is 24.6 Å². The van der Waals surface area contributed by atoms with Crippen LogP contribution in [0.2, 0.25) is 0 Å². The molecule has 17 heavy (non-hydrogen) atoms. The zero-order valence-electron chi connectivity index (χ0n) is 10.2. The summed E-state index contributed by atoms with van der Waals surface area (Å²) in [5.74, 6) is -0.748. The highest BCUT2D eigenvalue weighted by Crippen LogP contribution is 2.17. The maximum Gasteiger partial charge on any atom is 0.255 e. The Bertz CT molecular complexity index is 441. The quantitative estimate of drug-likeness (QED) is 0.803. The first-order chi connectivity index (χ1) is 7.91. The summed E-state index contributed by atoms with van der Waals surface area (Å²) in [6, 6.07) is 4.76. The third-order valence-corrected chi connectivity index (χ3v) is 2.30. The summed E-state index contributed by atoms with van der Waals surface area (Å²) in [5.41, 5.74) is 1.03. The highest BCUT2D eigenvalue weighted by molar-refractivity contribution is 5.98. The minimum Gasteiger partial charge on any atom is -0.507 e. The second-order valence-electron chi connectivity index (χ2n) is 3.99. The lowest BCUT2D eigenvalue weighted by Crippen LogP contribution is -2.36. The van der Waals surface area contributed by atoms with Gasteiger partial charge in [-0.25, -0.2) is 0 Å². The van der Waals surface area contributed by atoms with Crippen molar-refractivity contribution in [3.05, 3.63) is 29.3 Å². The Labute approximate surface area is 100 Å². The van der Waals surface area contributed by atoms with Crippen molar-refractivity contribution in [3.8, 4) is 5.75 Å². The number of hydrogen-bond donors (Lipinski definition) is 2. The summed E-state index contributed by atoms with van der Waals surface area (Å²) in [4.78, 5) is 24.3. The third kappa shape index (κ3) is 3.48. The molecule has 5 nitrogen and oxygen atoms in total. The predicted octanol–water partition coefficient (Wildman–Crippen LogP) is 0.519. The van der Waals surface area contributed by atoms with Gasteiger partial charge in [0.1, 0.15) is 5.75 Å². The molecule has 0 fully saturated rings. The Hall–Kier alpha value is -2.04. The van der Waals surface area contributed by atoms with Crippen molar-refractivity contribution in [2.24, 2.45) is 0 Å². The first kappa shape index (κ1) is 13.0.